The topological polar surface area (TPSA) is 75.7 Å². The second-order valence-corrected chi connectivity index (χ2v) is 7.74. The third-order valence-corrected chi connectivity index (χ3v) is 5.41. The van der Waals surface area contributed by atoms with Crippen LogP contribution in [0.1, 0.15) is 40.4 Å². The Kier molecular flexibility index (Phi) is 5.73. The second kappa shape index (κ2) is 8.07. The average Bonchev–Trinajstić information content (AvgIpc) is 2.92. The lowest BCUT2D eigenvalue weighted by Crippen LogP contribution is -2.44. The number of hydrogen-bond donors (Lipinski definition) is 1. The molecule has 1 aliphatic rings. The van der Waals surface area contributed by atoms with Gasteiger partial charge in [-0.2, -0.15) is 0 Å². The van der Waals surface area contributed by atoms with Crippen molar-refractivity contribution in [3.05, 3.63) is 64.7 Å². The molecule has 0 aliphatic carbocycles. The maximum Gasteiger partial charge on any atom is 0.325 e. The molecule has 1 N–H and O–H groups in total. The van der Waals surface area contributed by atoms with Gasteiger partial charge in [0.05, 0.1) is 13.7 Å². The van der Waals surface area contributed by atoms with Crippen molar-refractivity contribution in [1.82, 2.24) is 10.2 Å². The van der Waals surface area contributed by atoms with E-state index in [0.717, 1.165) is 27.3 Å². The molecule has 1 aliphatic heterocycles. The summed E-state index contributed by atoms with van der Waals surface area (Å²) in [6.07, 6.45) is 1.06. The van der Waals surface area contributed by atoms with Crippen LogP contribution >= 0.6 is 0 Å². The zero-order valence-electron chi connectivity index (χ0n) is 17.2. The van der Waals surface area contributed by atoms with E-state index in [9.17, 15) is 14.4 Å². The molecule has 29 heavy (non-hydrogen) atoms. The van der Waals surface area contributed by atoms with Crippen molar-refractivity contribution in [3.8, 4) is 5.75 Å². The third kappa shape index (κ3) is 4.31. The first-order valence-electron chi connectivity index (χ1n) is 9.61. The summed E-state index contributed by atoms with van der Waals surface area (Å²) in [4.78, 5) is 39.1. The molecule has 3 rings (SSSR count). The van der Waals surface area contributed by atoms with Crippen LogP contribution in [-0.4, -0.2) is 41.8 Å². The summed E-state index contributed by atoms with van der Waals surface area (Å²) in [5.74, 6) is 0.158. The minimum Gasteiger partial charge on any atom is -0.497 e. The minimum absolute atomic E-state index is 0.242. The average molecular weight is 394 g/mol. The van der Waals surface area contributed by atoms with Gasteiger partial charge in [-0.15, -0.1) is 0 Å². The zero-order valence-corrected chi connectivity index (χ0v) is 17.2. The Morgan fingerprint density at radius 2 is 1.79 bits per heavy atom. The fourth-order valence-electron chi connectivity index (χ4n) is 3.51. The minimum atomic E-state index is -1.03. The van der Waals surface area contributed by atoms with Crippen LogP contribution in [0.5, 0.6) is 5.75 Å². The predicted octanol–water partition coefficient (Wildman–Crippen LogP) is 3.44. The Balaban J connectivity index is 1.69. The number of urea groups is 1. The molecule has 0 saturated carbocycles. The lowest BCUT2D eigenvalue weighted by molar-refractivity contribution is -0.130. The van der Waals surface area contributed by atoms with E-state index in [2.05, 4.69) is 5.32 Å². The summed E-state index contributed by atoms with van der Waals surface area (Å²) < 4.78 is 5.15. The summed E-state index contributed by atoms with van der Waals surface area (Å²) in [7, 11) is 1.61. The van der Waals surface area contributed by atoms with Crippen LogP contribution in [0.3, 0.4) is 0 Å². The maximum absolute atomic E-state index is 12.9. The summed E-state index contributed by atoms with van der Waals surface area (Å²) >= 11 is 0. The quantitative estimate of drug-likeness (QED) is 0.577. The van der Waals surface area contributed by atoms with Crippen LogP contribution in [0.2, 0.25) is 0 Å². The van der Waals surface area contributed by atoms with Gasteiger partial charge in [-0.25, -0.2) is 4.79 Å². The van der Waals surface area contributed by atoms with E-state index < -0.39 is 11.6 Å². The highest BCUT2D eigenvalue weighted by atomic mass is 16.5. The van der Waals surface area contributed by atoms with Crippen molar-refractivity contribution in [2.75, 3.05) is 13.7 Å². The van der Waals surface area contributed by atoms with E-state index in [-0.39, 0.29) is 18.2 Å². The lowest BCUT2D eigenvalue weighted by Gasteiger charge is -2.21. The molecule has 0 bridgehead atoms. The van der Waals surface area contributed by atoms with Crippen LogP contribution in [-0.2, 0) is 11.2 Å². The van der Waals surface area contributed by atoms with Gasteiger partial charge in [0, 0.05) is 5.56 Å². The highest BCUT2D eigenvalue weighted by Gasteiger charge is 2.47. The maximum atomic E-state index is 12.9. The molecular weight excluding hydrogens is 368 g/mol. The molecule has 0 spiro atoms. The SMILES string of the molecule is COc1ccc(CC[C@@]2(C)NC(=O)N(CC(=O)c3cc(C)ccc3C)C2=O)cc1. The first-order chi connectivity index (χ1) is 13.7. The number of benzene rings is 2. The third-order valence-electron chi connectivity index (χ3n) is 5.41. The van der Waals surface area contributed by atoms with Crippen LogP contribution < -0.4 is 10.1 Å². The first kappa shape index (κ1) is 20.6. The molecule has 1 saturated heterocycles. The monoisotopic (exact) mass is 394 g/mol. The van der Waals surface area contributed by atoms with Gasteiger partial charge in [0.25, 0.3) is 5.91 Å². The van der Waals surface area contributed by atoms with E-state index >= 15 is 0 Å². The second-order valence-electron chi connectivity index (χ2n) is 7.74. The Hall–Kier alpha value is -3.15. The van der Waals surface area contributed by atoms with Crippen LogP contribution in [0, 0.1) is 13.8 Å². The van der Waals surface area contributed by atoms with Crippen LogP contribution in [0.15, 0.2) is 42.5 Å². The fraction of sp³-hybridized carbons (Fsp3) is 0.348. The molecule has 2 aromatic carbocycles. The van der Waals surface area contributed by atoms with Gasteiger partial charge in [0.15, 0.2) is 5.78 Å². The largest absolute Gasteiger partial charge is 0.497 e. The number of carbonyl (C=O) groups is 3. The smallest absolute Gasteiger partial charge is 0.325 e. The Morgan fingerprint density at radius 3 is 2.45 bits per heavy atom. The number of carbonyl (C=O) groups excluding carboxylic acids is 3. The molecule has 6 nitrogen and oxygen atoms in total. The molecule has 3 amide bonds. The number of amides is 3. The van der Waals surface area contributed by atoms with Gasteiger partial charge in [-0.3, -0.25) is 14.5 Å². The molecule has 2 aromatic rings. The Bertz CT molecular complexity index is 952. The summed E-state index contributed by atoms with van der Waals surface area (Å²) in [5, 5.41) is 2.77. The van der Waals surface area contributed by atoms with Gasteiger partial charge in [0.2, 0.25) is 0 Å². The molecule has 6 heteroatoms. The molecule has 152 valence electrons. The molecular formula is C23H26N2O4. The van der Waals surface area contributed by atoms with E-state index in [1.165, 1.54) is 0 Å². The van der Waals surface area contributed by atoms with Crippen molar-refractivity contribution in [2.45, 2.75) is 39.2 Å². The molecule has 0 radical (unpaired) electrons. The summed E-state index contributed by atoms with van der Waals surface area (Å²) in [6, 6.07) is 12.7. The summed E-state index contributed by atoms with van der Waals surface area (Å²) in [6.45, 7) is 5.20. The highest BCUT2D eigenvalue weighted by Crippen LogP contribution is 2.24. The van der Waals surface area contributed by atoms with Crippen molar-refractivity contribution in [2.24, 2.45) is 0 Å². The van der Waals surface area contributed by atoms with E-state index in [1.807, 2.05) is 50.2 Å². The number of rotatable bonds is 7. The number of nitrogens with one attached hydrogen (secondary N) is 1. The number of Topliss-reactive ketones (excluding diaryl/α,β-unsaturated/α-hetero) is 1. The van der Waals surface area contributed by atoms with E-state index in [1.54, 1.807) is 20.1 Å². The number of nitrogens with zero attached hydrogens (tertiary/aromatic N) is 1. The first-order valence-corrected chi connectivity index (χ1v) is 9.61. The molecule has 0 aromatic heterocycles. The standard InChI is InChI=1S/C23H26N2O4/c1-15-5-6-16(2)19(13-15)20(26)14-25-21(27)23(3,24-22(25)28)12-11-17-7-9-18(29-4)10-8-17/h5-10,13H,11-12,14H2,1-4H3,(H,24,28)/t23-/m1/s1. The number of methoxy groups -OCH3 is 1. The van der Waals surface area contributed by atoms with Gasteiger partial charge < -0.3 is 10.1 Å². The van der Waals surface area contributed by atoms with E-state index in [0.29, 0.717) is 18.4 Å². The Morgan fingerprint density at radius 1 is 1.10 bits per heavy atom. The molecule has 1 atom stereocenters. The number of ether oxygens (including phenoxy) is 1. The van der Waals surface area contributed by atoms with Crippen molar-refractivity contribution in [3.63, 3.8) is 0 Å². The molecule has 1 fully saturated rings. The summed E-state index contributed by atoms with van der Waals surface area (Å²) in [5.41, 5.74) is 2.34. The Labute approximate surface area is 170 Å². The van der Waals surface area contributed by atoms with E-state index in [4.69, 9.17) is 4.74 Å². The zero-order chi connectivity index (χ0) is 21.2. The fourth-order valence-corrected chi connectivity index (χ4v) is 3.51. The van der Waals surface area contributed by atoms with Crippen molar-refractivity contribution >= 4 is 17.7 Å². The van der Waals surface area contributed by atoms with Gasteiger partial charge in [0.1, 0.15) is 11.3 Å². The lowest BCUT2D eigenvalue weighted by atomic mass is 9.93. The number of imide groups is 1. The van der Waals surface area contributed by atoms with Gasteiger partial charge >= 0.3 is 6.03 Å². The van der Waals surface area contributed by atoms with Crippen molar-refractivity contribution in [1.29, 1.82) is 0 Å². The number of ketones is 1. The highest BCUT2D eigenvalue weighted by molar-refractivity contribution is 6.11. The van der Waals surface area contributed by atoms with Crippen molar-refractivity contribution < 1.29 is 19.1 Å². The molecule has 0 unspecified atom stereocenters. The predicted molar refractivity (Wildman–Crippen MR) is 110 cm³/mol. The van der Waals surface area contributed by atoms with Crippen LogP contribution in [0.4, 0.5) is 4.79 Å². The number of hydrogen-bond acceptors (Lipinski definition) is 4. The van der Waals surface area contributed by atoms with Crippen LogP contribution in [0.25, 0.3) is 0 Å². The molecule has 1 heterocycles. The van der Waals surface area contributed by atoms with Gasteiger partial charge in [-0.05, 0) is 62.9 Å². The normalized spacial score (nSPS) is 18.7. The number of aryl methyl sites for hydroxylation is 3. The van der Waals surface area contributed by atoms with Gasteiger partial charge in [-0.1, -0.05) is 29.8 Å².